The van der Waals surface area contributed by atoms with Crippen LogP contribution in [-0.4, -0.2) is 0 Å². The normalized spacial score (nSPS) is 11.5. The summed E-state index contributed by atoms with van der Waals surface area (Å²) in [5.41, 5.74) is 7.27. The van der Waals surface area contributed by atoms with Gasteiger partial charge in [0, 0.05) is 0 Å². The third-order valence-corrected chi connectivity index (χ3v) is 9.28. The number of para-hydroxylation sites is 1. The minimum Gasteiger partial charge on any atom is -0.303 e. The van der Waals surface area contributed by atoms with Crippen LogP contribution in [0.4, 0.5) is 5.69 Å². The third-order valence-electron chi connectivity index (χ3n) is 5.11. The molecule has 0 spiro atoms. The minimum atomic E-state index is -4.94. The molecule has 36 heavy (non-hydrogen) atoms. The fraction of sp³-hybridized carbons (Fsp3) is 0. The summed E-state index contributed by atoms with van der Waals surface area (Å²) in [4.78, 5) is 0. The van der Waals surface area contributed by atoms with Crippen molar-refractivity contribution in [3.8, 4) is 6.07 Å². The van der Waals surface area contributed by atoms with E-state index in [4.69, 9.17) is 18.6 Å². The second-order valence-corrected chi connectivity index (χ2v) is 11.5. The van der Waals surface area contributed by atoms with Gasteiger partial charge in [0.1, 0.15) is 22.0 Å². The summed E-state index contributed by atoms with van der Waals surface area (Å²) in [6.07, 6.45) is 1.81. The number of halogens is 1. The van der Waals surface area contributed by atoms with Crippen molar-refractivity contribution in [3.05, 3.63) is 133 Å². The monoisotopic (exact) mass is 519 g/mol. The van der Waals surface area contributed by atoms with Crippen LogP contribution in [-0.2, 0) is 0 Å². The predicted molar refractivity (Wildman–Crippen MR) is 132 cm³/mol. The number of hydrogen-bond acceptors (Lipinski definition) is 7. The van der Waals surface area contributed by atoms with E-state index in [0.717, 1.165) is 21.6 Å². The van der Waals surface area contributed by atoms with E-state index < -0.39 is 17.5 Å². The molecule has 182 valence electrons. The quantitative estimate of drug-likeness (QED) is 0.202. The largest absolute Gasteiger partial charge is 0.303 e. The molecule has 0 saturated heterocycles. The van der Waals surface area contributed by atoms with Gasteiger partial charge in [-0.3, -0.25) is 0 Å². The second kappa shape index (κ2) is 12.8. The highest BCUT2D eigenvalue weighted by atomic mass is 35.7. The molecule has 7 nitrogen and oxygen atoms in total. The van der Waals surface area contributed by atoms with Crippen LogP contribution in [0.3, 0.4) is 0 Å². The molecule has 0 bridgehead atoms. The first kappa shape index (κ1) is 26.9. The van der Waals surface area contributed by atoms with E-state index in [9.17, 15) is 5.26 Å². The Labute approximate surface area is 212 Å². The topological polar surface area (TPSA) is 140 Å². The van der Waals surface area contributed by atoms with Crippen LogP contribution in [0.1, 0.15) is 0 Å². The van der Waals surface area contributed by atoms with E-state index in [1.807, 2.05) is 91.1 Å². The van der Waals surface area contributed by atoms with Gasteiger partial charge >= 0.3 is 0 Å². The van der Waals surface area contributed by atoms with E-state index in [-0.39, 0.29) is 0 Å². The molecule has 0 amide bonds. The van der Waals surface area contributed by atoms with Crippen molar-refractivity contribution >= 4 is 28.9 Å². The molecule has 4 rings (SSSR count). The molecule has 9 heteroatoms. The highest BCUT2D eigenvalue weighted by molar-refractivity contribution is 7.99. The number of hydrogen-bond donors (Lipinski definition) is 2. The average Bonchev–Trinajstić information content (AvgIpc) is 2.90. The van der Waals surface area contributed by atoms with Crippen molar-refractivity contribution in [2.24, 2.45) is 0 Å². The van der Waals surface area contributed by atoms with Gasteiger partial charge in [-0.05, 0) is 48.5 Å². The molecule has 0 unspecified atom stereocenters. The Hall–Kier alpha value is -3.73. The van der Waals surface area contributed by atoms with Crippen molar-refractivity contribution in [2.45, 2.75) is 0 Å². The molecule has 4 aromatic rings. The first-order chi connectivity index (χ1) is 17.4. The van der Waals surface area contributed by atoms with Gasteiger partial charge in [-0.25, -0.2) is 18.6 Å². The number of allylic oxidation sites excluding steroid dienone is 1. The Bertz CT molecular complexity index is 1180. The highest BCUT2D eigenvalue weighted by Gasteiger charge is 2.50. The van der Waals surface area contributed by atoms with Gasteiger partial charge in [-0.1, -0.05) is 72.8 Å². The Morgan fingerprint density at radius 2 is 0.972 bits per heavy atom. The van der Waals surface area contributed by atoms with Gasteiger partial charge in [-0.15, -0.1) is 10.2 Å². The molecule has 0 heterocycles. The molecule has 0 fully saturated rings. The molecule has 0 radical (unpaired) electrons. The number of nitriles is 1. The summed E-state index contributed by atoms with van der Waals surface area (Å²) in [6.45, 7) is 0. The lowest BCUT2D eigenvalue weighted by Gasteiger charge is -2.26. The Kier molecular flexibility index (Phi) is 9.57. The van der Waals surface area contributed by atoms with Crippen molar-refractivity contribution in [2.75, 3.05) is 5.43 Å². The van der Waals surface area contributed by atoms with Crippen LogP contribution in [0.25, 0.3) is 0 Å². The SMILES string of the molecule is N#C/C(=C\NNc1ccccc1)[P+](c1ccccc1)(c1ccccc1)c1ccccc1.[O-][Cl+3]([O-])([O-])[O-]. The minimum absolute atomic E-state index is 0.694. The van der Waals surface area contributed by atoms with Gasteiger partial charge in [0.05, 0.1) is 11.9 Å². The zero-order valence-corrected chi connectivity index (χ0v) is 20.7. The lowest BCUT2D eigenvalue weighted by Crippen LogP contribution is -2.68. The standard InChI is InChI=1S/C27H23N3P.ClHO4/c28-21-27(22-29-30-23-13-5-1-6-14-23)31(24-15-7-2-8-16-24,25-17-9-3-10-18-25)26-19-11-4-12-20-26;2-1(3,4)5/h1-20,22,29-30H;(H,2,3,4,5)/q+1;/p-1/b27-22+;. The van der Waals surface area contributed by atoms with Crippen LogP contribution in [0.2, 0.25) is 0 Å². The summed E-state index contributed by atoms with van der Waals surface area (Å²) in [7, 11) is -7.33. The van der Waals surface area contributed by atoms with Crippen molar-refractivity contribution in [1.82, 2.24) is 5.43 Å². The highest BCUT2D eigenvalue weighted by Crippen LogP contribution is 2.61. The van der Waals surface area contributed by atoms with Crippen molar-refractivity contribution in [1.29, 1.82) is 5.26 Å². The lowest BCUT2D eigenvalue weighted by molar-refractivity contribution is -2.00. The van der Waals surface area contributed by atoms with Crippen LogP contribution in [0.15, 0.2) is 133 Å². The number of nitrogens with one attached hydrogen (secondary N) is 2. The molecule has 0 aliphatic heterocycles. The van der Waals surface area contributed by atoms with Crippen molar-refractivity contribution < 1.29 is 28.9 Å². The lowest BCUT2D eigenvalue weighted by atomic mass is 10.3. The van der Waals surface area contributed by atoms with E-state index in [2.05, 4.69) is 53.3 Å². The maximum Gasteiger partial charge on any atom is 0.202 e. The van der Waals surface area contributed by atoms with E-state index in [1.165, 1.54) is 0 Å². The molecule has 0 aliphatic carbocycles. The second-order valence-electron chi connectivity index (χ2n) is 7.33. The molecule has 4 aromatic carbocycles. The van der Waals surface area contributed by atoms with Gasteiger partial charge in [0.25, 0.3) is 0 Å². The molecule has 0 aromatic heterocycles. The van der Waals surface area contributed by atoms with Gasteiger partial charge in [0.2, 0.25) is 5.31 Å². The fourth-order valence-corrected chi connectivity index (χ4v) is 7.73. The van der Waals surface area contributed by atoms with Crippen LogP contribution in [0.5, 0.6) is 0 Å². The summed E-state index contributed by atoms with van der Waals surface area (Å²) in [6, 6.07) is 43.4. The number of nitrogens with zero attached hydrogens (tertiary/aromatic N) is 1. The van der Waals surface area contributed by atoms with Crippen LogP contribution < -0.4 is 45.4 Å². The average molecular weight is 520 g/mol. The van der Waals surface area contributed by atoms with Crippen LogP contribution >= 0.6 is 7.26 Å². The van der Waals surface area contributed by atoms with E-state index >= 15 is 0 Å². The van der Waals surface area contributed by atoms with Gasteiger partial charge < -0.3 is 10.9 Å². The molecular weight excluding hydrogens is 497 g/mol. The number of rotatable bonds is 7. The Morgan fingerprint density at radius 1 is 0.639 bits per heavy atom. The Morgan fingerprint density at radius 3 is 1.31 bits per heavy atom. The summed E-state index contributed by atoms with van der Waals surface area (Å²) < 4.78 is 34.0. The number of hydrazine groups is 1. The predicted octanol–water partition coefficient (Wildman–Crippen LogP) is 0.206. The van der Waals surface area contributed by atoms with Crippen molar-refractivity contribution in [3.63, 3.8) is 0 Å². The Balaban J connectivity index is 0.000000658. The summed E-state index contributed by atoms with van der Waals surface area (Å²) in [5.74, 6) is 0. The fourth-order valence-electron chi connectivity index (χ4n) is 3.73. The molecule has 0 atom stereocenters. The molecule has 2 N–H and O–H groups in total. The third kappa shape index (κ3) is 7.14. The maximum atomic E-state index is 10.4. The van der Waals surface area contributed by atoms with Crippen LogP contribution in [0, 0.1) is 21.6 Å². The zero-order chi connectivity index (χ0) is 25.9. The first-order valence-electron chi connectivity index (χ1n) is 10.7. The van der Waals surface area contributed by atoms with E-state index in [1.54, 1.807) is 0 Å². The summed E-state index contributed by atoms with van der Waals surface area (Å²) >= 11 is 0. The van der Waals surface area contributed by atoms with Gasteiger partial charge in [-0.2, -0.15) is 5.26 Å². The van der Waals surface area contributed by atoms with E-state index in [0.29, 0.717) is 5.31 Å². The molecular formula is C27H23ClN3O4P. The van der Waals surface area contributed by atoms with Gasteiger partial charge in [0.15, 0.2) is 7.26 Å². The number of benzene rings is 4. The summed E-state index contributed by atoms with van der Waals surface area (Å²) in [5, 5.41) is 14.5. The smallest absolute Gasteiger partial charge is 0.202 e. The maximum absolute atomic E-state index is 10.4. The zero-order valence-electron chi connectivity index (χ0n) is 19.0. The number of anilines is 1. The molecule has 0 aliphatic rings. The molecule has 0 saturated carbocycles. The first-order valence-corrected chi connectivity index (χ1v) is 13.7.